The van der Waals surface area contributed by atoms with E-state index in [0.29, 0.717) is 17.9 Å². The first-order chi connectivity index (χ1) is 11.9. The van der Waals surface area contributed by atoms with Crippen LogP contribution in [0.1, 0.15) is 29.9 Å². The number of methoxy groups -OCH3 is 1. The molecule has 1 N–H and O–H groups in total. The van der Waals surface area contributed by atoms with Gasteiger partial charge in [-0.2, -0.15) is 13.2 Å². The van der Waals surface area contributed by atoms with Crippen molar-refractivity contribution in [1.29, 1.82) is 0 Å². The smallest absolute Gasteiger partial charge is 0.416 e. The summed E-state index contributed by atoms with van der Waals surface area (Å²) in [5.74, 6) is 1.40. The molecular formula is C19H18F3NO2. The van der Waals surface area contributed by atoms with Crippen LogP contribution in [0.15, 0.2) is 52.9 Å². The summed E-state index contributed by atoms with van der Waals surface area (Å²) in [4.78, 5) is 0. The molecule has 0 aliphatic carbocycles. The SMILES string of the molecule is COc1cccc2cc(CNC(C)c3ccc(C(F)(F)F)cc3)oc12. The average molecular weight is 349 g/mol. The van der Waals surface area contributed by atoms with Crippen molar-refractivity contribution in [2.75, 3.05) is 7.11 Å². The number of fused-ring (bicyclic) bond motifs is 1. The van der Waals surface area contributed by atoms with Gasteiger partial charge >= 0.3 is 6.18 Å². The second kappa shape index (κ2) is 6.80. The monoisotopic (exact) mass is 349 g/mol. The van der Waals surface area contributed by atoms with E-state index in [1.165, 1.54) is 12.1 Å². The molecule has 1 aromatic heterocycles. The Kier molecular flexibility index (Phi) is 4.72. The van der Waals surface area contributed by atoms with Crippen molar-refractivity contribution in [3.05, 3.63) is 65.4 Å². The molecule has 0 aliphatic rings. The van der Waals surface area contributed by atoms with E-state index in [-0.39, 0.29) is 6.04 Å². The Balaban J connectivity index is 1.69. The van der Waals surface area contributed by atoms with Gasteiger partial charge in [-0.15, -0.1) is 0 Å². The van der Waals surface area contributed by atoms with E-state index in [1.54, 1.807) is 7.11 Å². The molecule has 0 radical (unpaired) electrons. The second-order valence-corrected chi connectivity index (χ2v) is 5.81. The molecule has 0 saturated heterocycles. The number of halogens is 3. The van der Waals surface area contributed by atoms with Crippen LogP contribution in [0.5, 0.6) is 5.75 Å². The topological polar surface area (TPSA) is 34.4 Å². The molecule has 0 aliphatic heterocycles. The number of ether oxygens (including phenoxy) is 1. The zero-order valence-corrected chi connectivity index (χ0v) is 13.9. The maximum absolute atomic E-state index is 12.6. The van der Waals surface area contributed by atoms with Gasteiger partial charge in [0, 0.05) is 11.4 Å². The highest BCUT2D eigenvalue weighted by Gasteiger charge is 2.30. The molecule has 2 aromatic carbocycles. The summed E-state index contributed by atoms with van der Waals surface area (Å²) in [6, 6.07) is 12.6. The lowest BCUT2D eigenvalue weighted by Gasteiger charge is -2.14. The lowest BCUT2D eigenvalue weighted by Crippen LogP contribution is -2.18. The quantitative estimate of drug-likeness (QED) is 0.678. The average Bonchev–Trinajstić information content (AvgIpc) is 3.02. The minimum absolute atomic E-state index is 0.114. The summed E-state index contributed by atoms with van der Waals surface area (Å²) >= 11 is 0. The standard InChI is InChI=1S/C19H18F3NO2/c1-12(13-6-8-15(9-7-13)19(20,21)22)23-11-16-10-14-4-3-5-17(24-2)18(14)25-16/h3-10,12,23H,11H2,1-2H3. The number of para-hydroxylation sites is 1. The fraction of sp³-hybridized carbons (Fsp3) is 0.263. The molecule has 6 heteroatoms. The Labute approximate surface area is 143 Å². The molecule has 3 aromatic rings. The van der Waals surface area contributed by atoms with Gasteiger partial charge in [0.2, 0.25) is 0 Å². The molecule has 0 fully saturated rings. The first-order valence-electron chi connectivity index (χ1n) is 7.84. The van der Waals surface area contributed by atoms with Crippen LogP contribution in [0.3, 0.4) is 0 Å². The van der Waals surface area contributed by atoms with Crippen LogP contribution < -0.4 is 10.1 Å². The van der Waals surface area contributed by atoms with Crippen molar-refractivity contribution in [3.8, 4) is 5.75 Å². The molecule has 0 spiro atoms. The van der Waals surface area contributed by atoms with Crippen LogP contribution in [-0.2, 0) is 12.7 Å². The molecule has 25 heavy (non-hydrogen) atoms. The highest BCUT2D eigenvalue weighted by atomic mass is 19.4. The highest BCUT2D eigenvalue weighted by molar-refractivity contribution is 5.83. The van der Waals surface area contributed by atoms with E-state index in [9.17, 15) is 13.2 Å². The number of rotatable bonds is 5. The van der Waals surface area contributed by atoms with Crippen molar-refractivity contribution >= 4 is 11.0 Å². The van der Waals surface area contributed by atoms with E-state index < -0.39 is 11.7 Å². The molecule has 1 heterocycles. The minimum atomic E-state index is -4.32. The summed E-state index contributed by atoms with van der Waals surface area (Å²) in [5.41, 5.74) is 0.818. The normalized spacial score (nSPS) is 13.2. The van der Waals surface area contributed by atoms with Gasteiger partial charge in [0.25, 0.3) is 0 Å². The van der Waals surface area contributed by atoms with Gasteiger partial charge in [0.1, 0.15) is 5.76 Å². The van der Waals surface area contributed by atoms with E-state index in [1.807, 2.05) is 31.2 Å². The van der Waals surface area contributed by atoms with Gasteiger partial charge in [0.15, 0.2) is 11.3 Å². The van der Waals surface area contributed by atoms with Crippen molar-refractivity contribution < 1.29 is 22.3 Å². The van der Waals surface area contributed by atoms with Crippen LogP contribution in [0.2, 0.25) is 0 Å². The number of alkyl halides is 3. The molecule has 0 amide bonds. The Morgan fingerprint density at radius 2 is 1.84 bits per heavy atom. The second-order valence-electron chi connectivity index (χ2n) is 5.81. The molecule has 0 bridgehead atoms. The maximum atomic E-state index is 12.6. The van der Waals surface area contributed by atoms with Crippen LogP contribution >= 0.6 is 0 Å². The summed E-state index contributed by atoms with van der Waals surface area (Å²) in [5, 5.41) is 4.20. The Bertz CT molecular complexity index is 853. The molecule has 3 rings (SSSR count). The number of hydrogen-bond donors (Lipinski definition) is 1. The predicted octanol–water partition coefficient (Wildman–Crippen LogP) is 5.31. The molecular weight excluding hydrogens is 331 g/mol. The third-order valence-corrected chi connectivity index (χ3v) is 4.10. The van der Waals surface area contributed by atoms with Crippen molar-refractivity contribution in [2.24, 2.45) is 0 Å². The van der Waals surface area contributed by atoms with E-state index >= 15 is 0 Å². The molecule has 0 saturated carbocycles. The van der Waals surface area contributed by atoms with Crippen LogP contribution in [-0.4, -0.2) is 7.11 Å². The molecule has 1 atom stereocenters. The van der Waals surface area contributed by atoms with E-state index in [4.69, 9.17) is 9.15 Å². The Hall–Kier alpha value is -2.47. The van der Waals surface area contributed by atoms with E-state index in [2.05, 4.69) is 5.32 Å². The third kappa shape index (κ3) is 3.79. The highest BCUT2D eigenvalue weighted by Crippen LogP contribution is 2.30. The fourth-order valence-electron chi connectivity index (χ4n) is 2.67. The minimum Gasteiger partial charge on any atom is -0.493 e. The first-order valence-corrected chi connectivity index (χ1v) is 7.84. The number of furan rings is 1. The largest absolute Gasteiger partial charge is 0.493 e. The summed E-state index contributed by atoms with van der Waals surface area (Å²) in [6.07, 6.45) is -4.32. The fourth-order valence-corrected chi connectivity index (χ4v) is 2.67. The number of hydrogen-bond acceptors (Lipinski definition) is 3. The predicted molar refractivity (Wildman–Crippen MR) is 89.5 cm³/mol. The van der Waals surface area contributed by atoms with Gasteiger partial charge in [-0.05, 0) is 36.8 Å². The van der Waals surface area contributed by atoms with Gasteiger partial charge < -0.3 is 14.5 Å². The first kappa shape index (κ1) is 17.4. The van der Waals surface area contributed by atoms with Crippen LogP contribution in [0, 0.1) is 0 Å². The third-order valence-electron chi connectivity index (χ3n) is 4.10. The van der Waals surface area contributed by atoms with Crippen molar-refractivity contribution in [2.45, 2.75) is 25.7 Å². The summed E-state index contributed by atoms with van der Waals surface area (Å²) < 4.78 is 48.9. The zero-order valence-electron chi connectivity index (χ0n) is 13.9. The van der Waals surface area contributed by atoms with Gasteiger partial charge in [-0.25, -0.2) is 0 Å². The Morgan fingerprint density at radius 3 is 2.48 bits per heavy atom. The van der Waals surface area contributed by atoms with Gasteiger partial charge in [0.05, 0.1) is 19.2 Å². The van der Waals surface area contributed by atoms with Gasteiger partial charge in [-0.3, -0.25) is 0 Å². The number of nitrogens with one attached hydrogen (secondary N) is 1. The summed E-state index contributed by atoms with van der Waals surface area (Å²) in [6.45, 7) is 2.35. The molecule has 3 nitrogen and oxygen atoms in total. The lowest BCUT2D eigenvalue weighted by atomic mass is 10.1. The molecule has 1 unspecified atom stereocenters. The Morgan fingerprint density at radius 1 is 1.12 bits per heavy atom. The lowest BCUT2D eigenvalue weighted by molar-refractivity contribution is -0.137. The summed E-state index contributed by atoms with van der Waals surface area (Å²) in [7, 11) is 1.59. The van der Waals surface area contributed by atoms with Crippen LogP contribution in [0.25, 0.3) is 11.0 Å². The van der Waals surface area contributed by atoms with Crippen molar-refractivity contribution in [1.82, 2.24) is 5.32 Å². The molecule has 132 valence electrons. The van der Waals surface area contributed by atoms with Gasteiger partial charge in [-0.1, -0.05) is 24.3 Å². The zero-order chi connectivity index (χ0) is 18.0. The number of benzene rings is 2. The maximum Gasteiger partial charge on any atom is 0.416 e. The van der Waals surface area contributed by atoms with E-state index in [0.717, 1.165) is 28.8 Å². The van der Waals surface area contributed by atoms with Crippen LogP contribution in [0.4, 0.5) is 13.2 Å². The van der Waals surface area contributed by atoms with Crippen molar-refractivity contribution in [3.63, 3.8) is 0 Å².